The second-order valence-corrected chi connectivity index (χ2v) is 3.29. The largest absolute Gasteiger partial charge is 0.0770 e. The van der Waals surface area contributed by atoms with Crippen LogP contribution in [0.5, 0.6) is 0 Å². The molecule has 0 radical (unpaired) electrons. The molecule has 0 spiro atoms. The van der Waals surface area contributed by atoms with E-state index in [-0.39, 0.29) is 0 Å². The van der Waals surface area contributed by atoms with Gasteiger partial charge in [0.1, 0.15) is 0 Å². The minimum Gasteiger partial charge on any atom is -0.0770 e. The first kappa shape index (κ1) is 6.90. The van der Waals surface area contributed by atoms with Crippen LogP contribution in [0.15, 0.2) is 34.9 Å². The molecule has 0 aromatic heterocycles. The Bertz CT molecular complexity index is 251. The van der Waals surface area contributed by atoms with E-state index in [2.05, 4.69) is 25.2 Å². The second-order valence-electron chi connectivity index (χ2n) is 3.29. The lowest BCUT2D eigenvalue weighted by atomic mass is 9.96. The molecule has 2 rings (SSSR count). The monoisotopic (exact) mass is 146 g/mol. The smallest absolute Gasteiger partial charge is 0.0262 e. The lowest BCUT2D eigenvalue weighted by molar-refractivity contribution is 0.812. The summed E-state index contributed by atoms with van der Waals surface area (Å²) in [4.78, 5) is 0. The highest BCUT2D eigenvalue weighted by Gasteiger charge is 2.13. The first-order valence-corrected chi connectivity index (χ1v) is 4.52. The normalized spacial score (nSPS) is 22.1. The van der Waals surface area contributed by atoms with Crippen molar-refractivity contribution in [3.05, 3.63) is 34.9 Å². The zero-order chi connectivity index (χ0) is 7.68. The van der Waals surface area contributed by atoms with Crippen molar-refractivity contribution in [1.29, 1.82) is 0 Å². The molecule has 0 aromatic carbocycles. The summed E-state index contributed by atoms with van der Waals surface area (Å²) in [6, 6.07) is 0. The molecule has 0 atom stereocenters. The number of fused-ring (bicyclic) bond motifs is 1. The molecule has 11 heavy (non-hydrogen) atoms. The van der Waals surface area contributed by atoms with Crippen LogP contribution in [0.25, 0.3) is 0 Å². The Morgan fingerprint density at radius 1 is 1.36 bits per heavy atom. The minimum atomic E-state index is 1.18. The third-order valence-corrected chi connectivity index (χ3v) is 2.49. The maximum absolute atomic E-state index is 2.37. The molecule has 0 N–H and O–H groups in total. The molecule has 0 nitrogen and oxygen atoms in total. The number of hydrogen-bond acceptors (Lipinski definition) is 0. The van der Waals surface area contributed by atoms with Crippen molar-refractivity contribution >= 4 is 0 Å². The lowest BCUT2D eigenvalue weighted by Crippen LogP contribution is -1.90. The van der Waals surface area contributed by atoms with Gasteiger partial charge < -0.3 is 0 Å². The van der Waals surface area contributed by atoms with Gasteiger partial charge in [-0.2, -0.15) is 0 Å². The third kappa shape index (κ3) is 1.18. The highest BCUT2D eigenvalue weighted by atomic mass is 14.2. The van der Waals surface area contributed by atoms with E-state index in [0.29, 0.717) is 0 Å². The molecule has 58 valence electrons. The zero-order valence-corrected chi connectivity index (χ0v) is 7.06. The van der Waals surface area contributed by atoms with E-state index in [1.165, 1.54) is 36.8 Å². The molecule has 0 aliphatic heterocycles. The molecule has 0 unspecified atom stereocenters. The average molecular weight is 146 g/mol. The molecule has 0 bridgehead atoms. The zero-order valence-electron chi connectivity index (χ0n) is 7.06. The number of allylic oxidation sites excluding steroid dienone is 6. The molecule has 0 aromatic rings. The molecule has 2 aliphatic carbocycles. The maximum Gasteiger partial charge on any atom is -0.0262 e. The van der Waals surface area contributed by atoms with Gasteiger partial charge >= 0.3 is 0 Å². The van der Waals surface area contributed by atoms with Gasteiger partial charge in [-0.05, 0) is 42.4 Å². The van der Waals surface area contributed by atoms with E-state index in [9.17, 15) is 0 Å². The molecule has 2 aliphatic rings. The van der Waals surface area contributed by atoms with E-state index in [1.807, 2.05) is 0 Å². The average Bonchev–Trinajstić information content (AvgIpc) is 2.46. The summed E-state index contributed by atoms with van der Waals surface area (Å²) in [5, 5.41) is 0. The molecule has 0 amide bonds. The summed E-state index contributed by atoms with van der Waals surface area (Å²) >= 11 is 0. The van der Waals surface area contributed by atoms with Crippen LogP contribution in [-0.4, -0.2) is 0 Å². The van der Waals surface area contributed by atoms with E-state index in [4.69, 9.17) is 0 Å². The van der Waals surface area contributed by atoms with Crippen LogP contribution in [0.3, 0.4) is 0 Å². The molecule has 0 saturated heterocycles. The van der Waals surface area contributed by atoms with Crippen LogP contribution in [0, 0.1) is 0 Å². The van der Waals surface area contributed by atoms with Gasteiger partial charge in [0.25, 0.3) is 0 Å². The van der Waals surface area contributed by atoms with E-state index in [0.717, 1.165) is 0 Å². The Balaban J connectivity index is 2.30. The Morgan fingerprint density at radius 3 is 3.00 bits per heavy atom. The topological polar surface area (TPSA) is 0 Å². The fraction of sp³-hybridized carbons (Fsp3) is 0.455. The van der Waals surface area contributed by atoms with Gasteiger partial charge in [0.15, 0.2) is 0 Å². The lowest BCUT2D eigenvalue weighted by Gasteiger charge is -2.09. The van der Waals surface area contributed by atoms with Crippen LogP contribution in [-0.2, 0) is 0 Å². The first-order chi connectivity index (χ1) is 5.40. The predicted molar refractivity (Wildman–Crippen MR) is 48.4 cm³/mol. The van der Waals surface area contributed by atoms with Gasteiger partial charge in [-0.15, -0.1) is 0 Å². The number of rotatable bonds is 1. The van der Waals surface area contributed by atoms with Crippen molar-refractivity contribution in [3.8, 4) is 0 Å². The molecule has 0 fully saturated rings. The van der Waals surface area contributed by atoms with Gasteiger partial charge in [0.05, 0.1) is 0 Å². The van der Waals surface area contributed by atoms with Crippen LogP contribution < -0.4 is 0 Å². The van der Waals surface area contributed by atoms with E-state index < -0.39 is 0 Å². The summed E-state index contributed by atoms with van der Waals surface area (Å²) < 4.78 is 0. The predicted octanol–water partition coefficient (Wildman–Crippen LogP) is 3.37. The first-order valence-electron chi connectivity index (χ1n) is 4.52. The van der Waals surface area contributed by atoms with Crippen LogP contribution >= 0.6 is 0 Å². The fourth-order valence-corrected chi connectivity index (χ4v) is 1.80. The van der Waals surface area contributed by atoms with Crippen molar-refractivity contribution in [1.82, 2.24) is 0 Å². The SMILES string of the molecule is CCC1=CC2=CCCCC2=C1. The summed E-state index contributed by atoms with van der Waals surface area (Å²) in [6.45, 7) is 2.22. The Hall–Kier alpha value is -0.780. The van der Waals surface area contributed by atoms with Crippen molar-refractivity contribution < 1.29 is 0 Å². The van der Waals surface area contributed by atoms with Gasteiger partial charge in [-0.3, -0.25) is 0 Å². The van der Waals surface area contributed by atoms with Crippen LogP contribution in [0.4, 0.5) is 0 Å². The van der Waals surface area contributed by atoms with Crippen LogP contribution in [0.2, 0.25) is 0 Å². The third-order valence-electron chi connectivity index (χ3n) is 2.49. The van der Waals surface area contributed by atoms with E-state index in [1.54, 1.807) is 5.57 Å². The quantitative estimate of drug-likeness (QED) is 0.532. The minimum absolute atomic E-state index is 1.18. The highest BCUT2D eigenvalue weighted by molar-refractivity contribution is 5.53. The second kappa shape index (κ2) is 2.69. The Kier molecular flexibility index (Phi) is 1.69. The summed E-state index contributed by atoms with van der Waals surface area (Å²) in [7, 11) is 0. The van der Waals surface area contributed by atoms with Gasteiger partial charge in [-0.1, -0.05) is 25.2 Å². The Morgan fingerprint density at radius 2 is 2.27 bits per heavy atom. The molecular formula is C11H14. The summed E-state index contributed by atoms with van der Waals surface area (Å²) in [6.07, 6.45) is 12.2. The highest BCUT2D eigenvalue weighted by Crippen LogP contribution is 2.32. The molecular weight excluding hydrogens is 132 g/mol. The van der Waals surface area contributed by atoms with Gasteiger partial charge in [-0.25, -0.2) is 0 Å². The van der Waals surface area contributed by atoms with Gasteiger partial charge in [0.2, 0.25) is 0 Å². The maximum atomic E-state index is 2.37. The van der Waals surface area contributed by atoms with Crippen molar-refractivity contribution in [3.63, 3.8) is 0 Å². The van der Waals surface area contributed by atoms with Crippen LogP contribution in [0.1, 0.15) is 32.6 Å². The number of hydrogen-bond donors (Lipinski definition) is 0. The summed E-state index contributed by atoms with van der Waals surface area (Å²) in [5.41, 5.74) is 4.59. The molecule has 0 heterocycles. The van der Waals surface area contributed by atoms with Crippen molar-refractivity contribution in [2.24, 2.45) is 0 Å². The summed E-state index contributed by atoms with van der Waals surface area (Å²) in [5.74, 6) is 0. The van der Waals surface area contributed by atoms with Crippen molar-refractivity contribution in [2.45, 2.75) is 32.6 Å². The Labute approximate surface area is 68.3 Å². The van der Waals surface area contributed by atoms with Gasteiger partial charge in [0, 0.05) is 0 Å². The standard InChI is InChI=1S/C11H14/c1-2-9-7-10-5-3-4-6-11(10)8-9/h5,7-8H,2-4,6H2,1H3. The van der Waals surface area contributed by atoms with Crippen molar-refractivity contribution in [2.75, 3.05) is 0 Å². The molecule has 0 saturated carbocycles. The fourth-order valence-electron chi connectivity index (χ4n) is 1.80. The van der Waals surface area contributed by atoms with E-state index >= 15 is 0 Å². The molecule has 0 heteroatoms.